The largest absolute Gasteiger partial charge is 0.466 e. The number of aliphatic hydroxyl groups is 2. The lowest BCUT2D eigenvalue weighted by molar-refractivity contribution is -0.143. The van der Waals surface area contributed by atoms with Crippen molar-refractivity contribution in [2.75, 3.05) is 13.2 Å². The number of esters is 1. The van der Waals surface area contributed by atoms with E-state index in [1.165, 1.54) is 167 Å². The van der Waals surface area contributed by atoms with Gasteiger partial charge < -0.3 is 20.3 Å². The molecule has 0 rings (SSSR count). The average molecular weight is 830 g/mol. The summed E-state index contributed by atoms with van der Waals surface area (Å²) in [6, 6.07) is -0.646. The summed E-state index contributed by atoms with van der Waals surface area (Å²) in [5, 5.41) is 23.1. The maximum Gasteiger partial charge on any atom is 0.305 e. The molecule has 0 aliphatic carbocycles. The van der Waals surface area contributed by atoms with E-state index in [4.69, 9.17) is 4.74 Å². The molecule has 0 heterocycles. The molecule has 0 saturated carbocycles. The molecule has 3 N–H and O–H groups in total. The van der Waals surface area contributed by atoms with Gasteiger partial charge in [0.15, 0.2) is 0 Å². The lowest BCUT2D eigenvalue weighted by Crippen LogP contribution is -2.45. The van der Waals surface area contributed by atoms with Crippen LogP contribution in [0.3, 0.4) is 0 Å². The fourth-order valence-electron chi connectivity index (χ4n) is 7.66. The van der Waals surface area contributed by atoms with E-state index in [1.807, 2.05) is 6.08 Å². The van der Waals surface area contributed by atoms with Crippen molar-refractivity contribution in [3.63, 3.8) is 0 Å². The summed E-state index contributed by atoms with van der Waals surface area (Å²) in [4.78, 5) is 24.5. The molecule has 59 heavy (non-hydrogen) atoms. The molecule has 0 spiro atoms. The molecular weight excluding hydrogens is 731 g/mol. The Bertz CT molecular complexity index is 962. The van der Waals surface area contributed by atoms with Crippen LogP contribution in [0.5, 0.6) is 0 Å². The smallest absolute Gasteiger partial charge is 0.305 e. The minimum absolute atomic E-state index is 0.0352. The van der Waals surface area contributed by atoms with Gasteiger partial charge in [-0.3, -0.25) is 9.59 Å². The maximum atomic E-state index is 12.4. The van der Waals surface area contributed by atoms with Crippen LogP contribution in [-0.4, -0.2) is 47.4 Å². The molecule has 2 atom stereocenters. The quantitative estimate of drug-likeness (QED) is 0.0323. The summed E-state index contributed by atoms with van der Waals surface area (Å²) >= 11 is 0. The lowest BCUT2D eigenvalue weighted by atomic mass is 10.0. The van der Waals surface area contributed by atoms with Crippen molar-refractivity contribution in [1.82, 2.24) is 5.32 Å². The topological polar surface area (TPSA) is 95.9 Å². The maximum absolute atomic E-state index is 12.4. The molecule has 2 unspecified atom stereocenters. The van der Waals surface area contributed by atoms with Crippen molar-refractivity contribution in [2.45, 2.75) is 276 Å². The molecule has 346 valence electrons. The van der Waals surface area contributed by atoms with E-state index < -0.39 is 12.1 Å². The Labute approximate surface area is 366 Å². The molecule has 0 bridgehead atoms. The number of hydrogen-bond donors (Lipinski definition) is 3. The van der Waals surface area contributed by atoms with Crippen molar-refractivity contribution in [3.05, 3.63) is 36.5 Å². The minimum Gasteiger partial charge on any atom is -0.466 e. The van der Waals surface area contributed by atoms with Gasteiger partial charge in [-0.05, 0) is 64.2 Å². The molecule has 6 heteroatoms. The second kappa shape index (κ2) is 48.7. The van der Waals surface area contributed by atoms with Gasteiger partial charge in [-0.15, -0.1) is 0 Å². The Kier molecular flexibility index (Phi) is 47.2. The van der Waals surface area contributed by atoms with E-state index in [2.05, 4.69) is 43.5 Å². The summed E-state index contributed by atoms with van der Waals surface area (Å²) in [5.74, 6) is -0.127. The highest BCUT2D eigenvalue weighted by Gasteiger charge is 2.18. The monoisotopic (exact) mass is 830 g/mol. The van der Waals surface area contributed by atoms with Crippen LogP contribution in [0.25, 0.3) is 0 Å². The molecule has 0 aromatic carbocycles. The van der Waals surface area contributed by atoms with Gasteiger partial charge in [0.05, 0.1) is 25.4 Å². The van der Waals surface area contributed by atoms with Gasteiger partial charge in [0.25, 0.3) is 0 Å². The second-order valence-electron chi connectivity index (χ2n) is 17.5. The zero-order chi connectivity index (χ0) is 43.0. The summed E-state index contributed by atoms with van der Waals surface area (Å²) in [6.45, 7) is 4.82. The predicted molar refractivity (Wildman–Crippen MR) is 255 cm³/mol. The summed E-state index contributed by atoms with van der Waals surface area (Å²) in [6.07, 6.45) is 58.5. The second-order valence-corrected chi connectivity index (χ2v) is 17.5. The highest BCUT2D eigenvalue weighted by atomic mass is 16.5. The van der Waals surface area contributed by atoms with E-state index >= 15 is 0 Å². The molecule has 0 radical (unpaired) electrons. The van der Waals surface area contributed by atoms with Gasteiger partial charge >= 0.3 is 5.97 Å². The number of carbonyl (C=O) groups is 2. The number of nitrogens with one attached hydrogen (secondary N) is 1. The Morgan fingerprint density at radius 3 is 1.32 bits per heavy atom. The molecule has 0 fully saturated rings. The lowest BCUT2D eigenvalue weighted by Gasteiger charge is -2.20. The predicted octanol–water partition coefficient (Wildman–Crippen LogP) is 15.3. The first-order chi connectivity index (χ1) is 29.0. The van der Waals surface area contributed by atoms with Crippen LogP contribution in [0, 0.1) is 0 Å². The van der Waals surface area contributed by atoms with Gasteiger partial charge in [-0.25, -0.2) is 0 Å². The Morgan fingerprint density at radius 2 is 0.847 bits per heavy atom. The normalized spacial score (nSPS) is 12.9. The third-order valence-electron chi connectivity index (χ3n) is 11.7. The van der Waals surface area contributed by atoms with Crippen molar-refractivity contribution >= 4 is 11.9 Å². The molecule has 0 aromatic rings. The summed E-state index contributed by atoms with van der Waals surface area (Å²) in [5.41, 5.74) is 0. The van der Waals surface area contributed by atoms with Gasteiger partial charge in [0, 0.05) is 12.8 Å². The molecule has 0 aromatic heterocycles. The van der Waals surface area contributed by atoms with Crippen LogP contribution >= 0.6 is 0 Å². The number of unbranched alkanes of at least 4 members (excludes halogenated alkanes) is 32. The number of aliphatic hydroxyl groups excluding tert-OH is 2. The van der Waals surface area contributed by atoms with Crippen LogP contribution in [0.1, 0.15) is 264 Å². The number of amides is 1. The fraction of sp³-hybridized carbons (Fsp3) is 0.849. The third-order valence-corrected chi connectivity index (χ3v) is 11.7. The molecule has 0 aliphatic rings. The minimum atomic E-state index is -0.860. The Morgan fingerprint density at radius 1 is 0.475 bits per heavy atom. The number of ether oxygens (including phenoxy) is 1. The first-order valence-corrected chi connectivity index (χ1v) is 25.8. The van der Waals surface area contributed by atoms with E-state index in [1.54, 1.807) is 6.08 Å². The molecule has 1 amide bonds. The van der Waals surface area contributed by atoms with E-state index in [0.717, 1.165) is 70.6 Å². The summed E-state index contributed by atoms with van der Waals surface area (Å²) in [7, 11) is 0. The standard InChI is InChI=1S/C53H99NO5/c1-3-5-7-9-11-13-15-17-19-20-22-23-25-29-33-37-41-45-51(56)50(49-55)54-52(57)46-42-38-34-30-27-28-32-36-40-44-48-59-53(58)47-43-39-35-31-26-24-21-18-16-14-12-10-8-6-4-2/h12,14,18,21,41,45,50-51,55-56H,3-11,13,15-17,19-20,22-40,42-44,46-49H2,1-2H3,(H,54,57)/b14-12-,21-18-,45-41+. The van der Waals surface area contributed by atoms with E-state index in [9.17, 15) is 19.8 Å². The van der Waals surface area contributed by atoms with E-state index in [0.29, 0.717) is 19.4 Å². The average Bonchev–Trinajstić information content (AvgIpc) is 3.24. The zero-order valence-electron chi connectivity index (χ0n) is 39.2. The van der Waals surface area contributed by atoms with Crippen LogP contribution in [0.15, 0.2) is 36.5 Å². The van der Waals surface area contributed by atoms with Gasteiger partial charge in [0.2, 0.25) is 5.91 Å². The number of hydrogen-bond acceptors (Lipinski definition) is 5. The number of carbonyl (C=O) groups excluding carboxylic acids is 2. The SMILES string of the molecule is CCCCC/C=C\C/C=C\CCCCCCCC(=O)OCCCCCCCCCCCCC(=O)NC(CO)C(O)/C=C/CCCCCCCCCCCCCCCCC. The third kappa shape index (κ3) is 45.4. The molecule has 0 saturated heterocycles. The van der Waals surface area contributed by atoms with Crippen molar-refractivity contribution < 1.29 is 24.5 Å². The van der Waals surface area contributed by atoms with Crippen molar-refractivity contribution in [3.8, 4) is 0 Å². The zero-order valence-corrected chi connectivity index (χ0v) is 39.2. The van der Waals surface area contributed by atoms with Gasteiger partial charge in [-0.2, -0.15) is 0 Å². The van der Waals surface area contributed by atoms with Crippen molar-refractivity contribution in [1.29, 1.82) is 0 Å². The van der Waals surface area contributed by atoms with Crippen LogP contribution in [0.4, 0.5) is 0 Å². The Balaban J connectivity index is 3.54. The fourth-order valence-corrected chi connectivity index (χ4v) is 7.66. The first-order valence-electron chi connectivity index (χ1n) is 25.8. The van der Waals surface area contributed by atoms with Crippen LogP contribution in [-0.2, 0) is 14.3 Å². The van der Waals surface area contributed by atoms with Crippen molar-refractivity contribution in [2.24, 2.45) is 0 Å². The highest BCUT2D eigenvalue weighted by molar-refractivity contribution is 5.76. The van der Waals surface area contributed by atoms with Gasteiger partial charge in [0.1, 0.15) is 0 Å². The van der Waals surface area contributed by atoms with E-state index in [-0.39, 0.29) is 18.5 Å². The van der Waals surface area contributed by atoms with Crippen LogP contribution < -0.4 is 5.32 Å². The van der Waals surface area contributed by atoms with Crippen LogP contribution in [0.2, 0.25) is 0 Å². The summed E-state index contributed by atoms with van der Waals surface area (Å²) < 4.78 is 5.44. The number of allylic oxidation sites excluding steroid dienone is 5. The first kappa shape index (κ1) is 57.1. The highest BCUT2D eigenvalue weighted by Crippen LogP contribution is 2.15. The number of rotatable bonds is 47. The van der Waals surface area contributed by atoms with Gasteiger partial charge in [-0.1, -0.05) is 224 Å². The molecular formula is C53H99NO5. The molecule has 0 aliphatic heterocycles. The Hall–Kier alpha value is -1.92. The molecule has 6 nitrogen and oxygen atoms in total.